The van der Waals surface area contributed by atoms with E-state index in [1.807, 2.05) is 0 Å². The van der Waals surface area contributed by atoms with Gasteiger partial charge in [-0.3, -0.25) is 4.79 Å². The smallest absolute Gasteiger partial charge is 0.337 e. The highest BCUT2D eigenvalue weighted by Crippen LogP contribution is 2.24. The van der Waals surface area contributed by atoms with Crippen LogP contribution in [0, 0.1) is 0 Å². The molecule has 0 radical (unpaired) electrons. The lowest BCUT2D eigenvalue weighted by Gasteiger charge is -2.29. The van der Waals surface area contributed by atoms with Gasteiger partial charge in [0.2, 0.25) is 5.78 Å². The first-order chi connectivity index (χ1) is 8.59. The predicted octanol–water partition coefficient (Wildman–Crippen LogP) is 1.16. The molecule has 0 bridgehead atoms. The summed E-state index contributed by atoms with van der Waals surface area (Å²) in [5.74, 6) is -2.48. The van der Waals surface area contributed by atoms with Gasteiger partial charge in [-0.2, -0.15) is 0 Å². The van der Waals surface area contributed by atoms with Gasteiger partial charge in [-0.1, -0.05) is 6.08 Å². The van der Waals surface area contributed by atoms with Crippen LogP contribution in [0.15, 0.2) is 36.5 Å². The molecule has 0 amide bonds. The van der Waals surface area contributed by atoms with Crippen LogP contribution >= 0.6 is 0 Å². The first kappa shape index (κ1) is 14.3. The highest BCUT2D eigenvalue weighted by molar-refractivity contribution is 6.04. The molecule has 98 valence electrons. The topological polar surface area (TPSA) is 61.8 Å². The molecule has 5 heteroatoms. The molecule has 18 heavy (non-hydrogen) atoms. The zero-order valence-electron chi connectivity index (χ0n) is 10.5. The van der Waals surface area contributed by atoms with Gasteiger partial charge in [0.1, 0.15) is 0 Å². The van der Waals surface area contributed by atoms with Gasteiger partial charge in [0, 0.05) is 7.11 Å². The predicted molar refractivity (Wildman–Crippen MR) is 64.8 cm³/mol. The maximum absolute atomic E-state index is 11.8. The number of ketones is 1. The summed E-state index contributed by atoms with van der Waals surface area (Å²) in [6.45, 7) is 3.82. The lowest BCUT2D eigenvalue weighted by atomic mass is 10.00. The van der Waals surface area contributed by atoms with Crippen LogP contribution < -0.4 is 0 Å². The van der Waals surface area contributed by atoms with Crippen LogP contribution in [0.25, 0.3) is 0 Å². The van der Waals surface area contributed by atoms with E-state index in [2.05, 4.69) is 11.3 Å². The fourth-order valence-electron chi connectivity index (χ4n) is 1.48. The van der Waals surface area contributed by atoms with Gasteiger partial charge in [-0.05, 0) is 24.6 Å². The van der Waals surface area contributed by atoms with Crippen molar-refractivity contribution in [2.24, 2.45) is 0 Å². The summed E-state index contributed by atoms with van der Waals surface area (Å²) >= 11 is 0. The molecule has 0 aliphatic heterocycles. The van der Waals surface area contributed by atoms with Crippen molar-refractivity contribution in [3.63, 3.8) is 0 Å². The van der Waals surface area contributed by atoms with Crippen molar-refractivity contribution in [1.29, 1.82) is 0 Å². The van der Waals surface area contributed by atoms with Crippen LogP contribution in [0.5, 0.6) is 0 Å². The molecule has 1 unspecified atom stereocenters. The molecule has 5 nitrogen and oxygen atoms in total. The van der Waals surface area contributed by atoms with Crippen molar-refractivity contribution < 1.29 is 23.8 Å². The molecule has 0 saturated heterocycles. The Morgan fingerprint density at radius 1 is 1.44 bits per heavy atom. The summed E-state index contributed by atoms with van der Waals surface area (Å²) in [4.78, 5) is 23.3. The lowest BCUT2D eigenvalue weighted by molar-refractivity contribution is -0.191. The Labute approximate surface area is 106 Å². The summed E-state index contributed by atoms with van der Waals surface area (Å²) in [5, 5.41) is 0. The van der Waals surface area contributed by atoms with E-state index in [1.54, 1.807) is 6.08 Å². The van der Waals surface area contributed by atoms with Crippen molar-refractivity contribution in [1.82, 2.24) is 0 Å². The Kier molecular flexibility index (Phi) is 5.00. The van der Waals surface area contributed by atoms with Crippen LogP contribution in [0.4, 0.5) is 0 Å². The third kappa shape index (κ3) is 2.94. The van der Waals surface area contributed by atoms with Crippen LogP contribution in [0.1, 0.15) is 6.42 Å². The molecule has 1 atom stereocenters. The molecular weight excluding hydrogens is 236 g/mol. The normalized spacial score (nSPS) is 22.6. The van der Waals surface area contributed by atoms with Crippen LogP contribution in [0.2, 0.25) is 0 Å². The number of esters is 1. The molecule has 0 aromatic rings. The number of methoxy groups -OCH3 is 2. The van der Waals surface area contributed by atoms with Crippen molar-refractivity contribution in [2.75, 3.05) is 20.8 Å². The molecule has 0 saturated carbocycles. The van der Waals surface area contributed by atoms with E-state index < -0.39 is 11.8 Å². The molecule has 0 heterocycles. The number of carbonyl (C=O) groups excluding carboxylic acids is 2. The van der Waals surface area contributed by atoms with Crippen molar-refractivity contribution in [2.45, 2.75) is 12.2 Å². The SMILES string of the molecule is C=CCCOC1(OC)C=C(C(=O)OC)C=CC1=O. The largest absolute Gasteiger partial charge is 0.465 e. The third-order valence-electron chi connectivity index (χ3n) is 2.47. The fourth-order valence-corrected chi connectivity index (χ4v) is 1.48. The average molecular weight is 252 g/mol. The molecule has 0 spiro atoms. The zero-order valence-corrected chi connectivity index (χ0v) is 10.5. The quantitative estimate of drug-likeness (QED) is 0.307. The Hall–Kier alpha value is -1.72. The van der Waals surface area contributed by atoms with Crippen LogP contribution in [0.3, 0.4) is 0 Å². The monoisotopic (exact) mass is 252 g/mol. The second kappa shape index (κ2) is 6.28. The van der Waals surface area contributed by atoms with Gasteiger partial charge in [0.05, 0.1) is 19.3 Å². The minimum absolute atomic E-state index is 0.220. The number of ether oxygens (including phenoxy) is 3. The van der Waals surface area contributed by atoms with E-state index >= 15 is 0 Å². The minimum Gasteiger partial charge on any atom is -0.465 e. The van der Waals surface area contributed by atoms with Gasteiger partial charge in [0.25, 0.3) is 5.79 Å². The number of hydrogen-bond acceptors (Lipinski definition) is 5. The molecule has 0 aromatic carbocycles. The number of rotatable bonds is 6. The standard InChI is InChI=1S/C13H16O5/c1-4-5-8-18-13(17-3)9-10(12(15)16-2)6-7-11(13)14/h4,6-7,9H,1,5,8H2,2-3H3. The van der Waals surface area contributed by atoms with E-state index in [0.717, 1.165) is 0 Å². The van der Waals surface area contributed by atoms with Gasteiger partial charge >= 0.3 is 5.97 Å². The first-order valence-electron chi connectivity index (χ1n) is 5.43. The van der Waals surface area contributed by atoms with Crippen molar-refractivity contribution in [3.8, 4) is 0 Å². The summed E-state index contributed by atoms with van der Waals surface area (Å²) < 4.78 is 15.1. The van der Waals surface area contributed by atoms with Gasteiger partial charge in [-0.15, -0.1) is 6.58 Å². The number of hydrogen-bond donors (Lipinski definition) is 0. The van der Waals surface area contributed by atoms with E-state index in [9.17, 15) is 9.59 Å². The molecule has 1 aliphatic rings. The summed E-state index contributed by atoms with van der Waals surface area (Å²) in [6.07, 6.45) is 6.18. The van der Waals surface area contributed by atoms with E-state index in [4.69, 9.17) is 9.47 Å². The van der Waals surface area contributed by atoms with Crippen molar-refractivity contribution >= 4 is 11.8 Å². The molecule has 1 aliphatic carbocycles. The van der Waals surface area contributed by atoms with Crippen molar-refractivity contribution in [3.05, 3.63) is 36.5 Å². The zero-order chi connectivity index (χ0) is 13.6. The van der Waals surface area contributed by atoms with Crippen LogP contribution in [-0.2, 0) is 23.8 Å². The average Bonchev–Trinajstić information content (AvgIpc) is 2.40. The van der Waals surface area contributed by atoms with Gasteiger partial charge < -0.3 is 14.2 Å². The fraction of sp³-hybridized carbons (Fsp3) is 0.385. The molecule has 0 fully saturated rings. The molecule has 1 rings (SSSR count). The highest BCUT2D eigenvalue weighted by atomic mass is 16.7. The van der Waals surface area contributed by atoms with Crippen LogP contribution in [-0.4, -0.2) is 38.4 Å². The van der Waals surface area contributed by atoms with E-state index in [0.29, 0.717) is 6.42 Å². The molecular formula is C13H16O5. The minimum atomic E-state index is -1.55. The Balaban J connectivity index is 2.96. The first-order valence-corrected chi connectivity index (χ1v) is 5.43. The van der Waals surface area contributed by atoms with E-state index in [-0.39, 0.29) is 18.0 Å². The summed E-state index contributed by atoms with van der Waals surface area (Å²) in [7, 11) is 2.61. The maximum atomic E-state index is 11.8. The van der Waals surface area contributed by atoms with E-state index in [1.165, 1.54) is 32.4 Å². The molecule has 0 N–H and O–H groups in total. The maximum Gasteiger partial charge on any atom is 0.337 e. The summed E-state index contributed by atoms with van der Waals surface area (Å²) in [5.41, 5.74) is 0.220. The second-order valence-corrected chi connectivity index (χ2v) is 3.59. The van der Waals surface area contributed by atoms with Gasteiger partial charge in [-0.25, -0.2) is 4.79 Å². The number of carbonyl (C=O) groups is 2. The lowest BCUT2D eigenvalue weighted by Crippen LogP contribution is -2.43. The Bertz CT molecular complexity index is 408. The molecule has 0 aromatic heterocycles. The summed E-state index contributed by atoms with van der Waals surface area (Å²) in [6, 6.07) is 0. The Morgan fingerprint density at radius 3 is 2.72 bits per heavy atom. The second-order valence-electron chi connectivity index (χ2n) is 3.59. The third-order valence-corrected chi connectivity index (χ3v) is 2.47. The Morgan fingerprint density at radius 2 is 2.17 bits per heavy atom. The highest BCUT2D eigenvalue weighted by Gasteiger charge is 2.39. The van der Waals surface area contributed by atoms with Gasteiger partial charge in [0.15, 0.2) is 0 Å².